The Hall–Kier alpha value is -3.08. The molecule has 0 saturated carbocycles. The van der Waals surface area contributed by atoms with Crippen LogP contribution in [-0.4, -0.2) is 29.4 Å². The topological polar surface area (TPSA) is 83.8 Å². The molecule has 0 bridgehead atoms. The smallest absolute Gasteiger partial charge is 0.193 e. The quantitative estimate of drug-likeness (QED) is 0.503. The maximum Gasteiger partial charge on any atom is 0.193 e. The van der Waals surface area contributed by atoms with Gasteiger partial charge >= 0.3 is 0 Å². The van der Waals surface area contributed by atoms with E-state index in [-0.39, 0.29) is 28.4 Å². The molecule has 0 aliphatic rings. The normalized spacial score (nSPS) is 10.7. The Balaban J connectivity index is 2.44. The van der Waals surface area contributed by atoms with Gasteiger partial charge in [-0.3, -0.25) is 9.59 Å². The highest BCUT2D eigenvalue weighted by Gasteiger charge is 2.21. The number of allylic oxidation sites excluding steroid dienone is 1. The molecule has 0 unspecified atom stereocenters. The molecule has 0 aromatic heterocycles. The van der Waals surface area contributed by atoms with Crippen LogP contribution in [0.5, 0.6) is 17.2 Å². The molecule has 2 N–H and O–H groups in total. The molecule has 2 aromatic rings. The van der Waals surface area contributed by atoms with Crippen LogP contribution in [0, 0.1) is 6.92 Å². The molecule has 0 atom stereocenters. The van der Waals surface area contributed by atoms with Crippen LogP contribution in [0.1, 0.15) is 31.8 Å². The van der Waals surface area contributed by atoms with Crippen LogP contribution < -0.4 is 4.74 Å². The summed E-state index contributed by atoms with van der Waals surface area (Å²) in [4.78, 5) is 23.5. The van der Waals surface area contributed by atoms with E-state index in [2.05, 4.69) is 0 Å². The molecule has 0 aliphatic carbocycles. The lowest BCUT2D eigenvalue weighted by Gasteiger charge is -2.12. The number of ketones is 1. The van der Waals surface area contributed by atoms with Crippen LogP contribution >= 0.6 is 0 Å². The Morgan fingerprint density at radius 2 is 1.83 bits per heavy atom. The van der Waals surface area contributed by atoms with E-state index >= 15 is 0 Å². The number of methoxy groups -OCH3 is 1. The van der Waals surface area contributed by atoms with Crippen LogP contribution in [0.15, 0.2) is 36.4 Å². The molecule has 2 rings (SSSR count). The van der Waals surface area contributed by atoms with Gasteiger partial charge in [0, 0.05) is 0 Å². The van der Waals surface area contributed by atoms with Crippen molar-refractivity contribution in [3.05, 3.63) is 58.7 Å². The first kappa shape index (κ1) is 16.3. The number of benzene rings is 2. The number of carbonyl (C=O) groups excluding carboxylic acids is 2. The van der Waals surface area contributed by atoms with E-state index in [1.807, 2.05) is 0 Å². The lowest BCUT2D eigenvalue weighted by molar-refractivity contribution is 0.104. The van der Waals surface area contributed by atoms with E-state index in [0.29, 0.717) is 17.4 Å². The minimum atomic E-state index is -0.487. The number of ether oxygens (including phenoxy) is 1. The minimum absolute atomic E-state index is 0.0449. The number of hydrogen-bond donors (Lipinski definition) is 2. The van der Waals surface area contributed by atoms with Gasteiger partial charge in [-0.25, -0.2) is 0 Å². The summed E-state index contributed by atoms with van der Waals surface area (Å²) in [7, 11) is 1.33. The van der Waals surface area contributed by atoms with Gasteiger partial charge in [-0.15, -0.1) is 0 Å². The van der Waals surface area contributed by atoms with Crippen molar-refractivity contribution in [1.82, 2.24) is 0 Å². The molecular formula is C18H16O5. The maximum atomic E-state index is 12.4. The lowest BCUT2D eigenvalue weighted by atomic mass is 9.99. The first-order valence-corrected chi connectivity index (χ1v) is 6.85. The zero-order chi connectivity index (χ0) is 17.0. The third-order valence-electron chi connectivity index (χ3n) is 3.37. The second kappa shape index (κ2) is 6.79. The standard InChI is InChI=1S/C18H16O5/c1-11-9-13(10-19)18(23-2)16(17(11)22)15(21)8-5-12-3-6-14(20)7-4-12/h3-10,20,22H,1-2H3. The van der Waals surface area contributed by atoms with Crippen LogP contribution in [0.4, 0.5) is 0 Å². The van der Waals surface area contributed by atoms with E-state index in [9.17, 15) is 19.8 Å². The van der Waals surface area contributed by atoms with Gasteiger partial charge < -0.3 is 14.9 Å². The Morgan fingerprint density at radius 3 is 2.39 bits per heavy atom. The van der Waals surface area contributed by atoms with E-state index < -0.39 is 5.78 Å². The van der Waals surface area contributed by atoms with Crippen molar-refractivity contribution in [1.29, 1.82) is 0 Å². The highest BCUT2D eigenvalue weighted by molar-refractivity contribution is 6.12. The lowest BCUT2D eigenvalue weighted by Crippen LogP contribution is -2.04. The molecule has 0 heterocycles. The number of aryl methyl sites for hydroxylation is 1. The Kier molecular flexibility index (Phi) is 4.81. The van der Waals surface area contributed by atoms with Crippen molar-refractivity contribution in [3.63, 3.8) is 0 Å². The van der Waals surface area contributed by atoms with Crippen molar-refractivity contribution in [2.45, 2.75) is 6.92 Å². The molecule has 5 heteroatoms. The molecule has 0 fully saturated rings. The van der Waals surface area contributed by atoms with Gasteiger partial charge in [0.15, 0.2) is 12.1 Å². The van der Waals surface area contributed by atoms with E-state index in [0.717, 1.165) is 0 Å². The first-order chi connectivity index (χ1) is 11.0. The third-order valence-corrected chi connectivity index (χ3v) is 3.37. The van der Waals surface area contributed by atoms with Crippen LogP contribution in [0.2, 0.25) is 0 Å². The molecule has 23 heavy (non-hydrogen) atoms. The number of phenols is 2. The fraction of sp³-hybridized carbons (Fsp3) is 0.111. The van der Waals surface area contributed by atoms with Crippen LogP contribution in [0.3, 0.4) is 0 Å². The number of hydrogen-bond acceptors (Lipinski definition) is 5. The number of phenolic OH excluding ortho intramolecular Hbond substituents is 2. The van der Waals surface area contributed by atoms with E-state index in [4.69, 9.17) is 4.74 Å². The van der Waals surface area contributed by atoms with Crippen LogP contribution in [0.25, 0.3) is 6.08 Å². The molecule has 0 aliphatic heterocycles. The van der Waals surface area contributed by atoms with E-state index in [1.54, 1.807) is 25.1 Å². The minimum Gasteiger partial charge on any atom is -0.508 e. The summed E-state index contributed by atoms with van der Waals surface area (Å²) >= 11 is 0. The second-order valence-electron chi connectivity index (χ2n) is 4.95. The summed E-state index contributed by atoms with van der Waals surface area (Å²) in [5.74, 6) is -0.530. The number of carbonyl (C=O) groups is 2. The summed E-state index contributed by atoms with van der Waals surface area (Å²) in [6.45, 7) is 1.60. The predicted octanol–water partition coefficient (Wildman–Crippen LogP) is 3.12. The summed E-state index contributed by atoms with van der Waals surface area (Å²) in [6.07, 6.45) is 3.40. The Bertz CT molecular complexity index is 773. The molecule has 5 nitrogen and oxygen atoms in total. The van der Waals surface area contributed by atoms with Gasteiger partial charge in [0.1, 0.15) is 22.8 Å². The number of rotatable bonds is 5. The molecule has 0 amide bonds. The summed E-state index contributed by atoms with van der Waals surface area (Å²) < 4.78 is 5.11. The van der Waals surface area contributed by atoms with E-state index in [1.165, 1.54) is 31.4 Å². The zero-order valence-corrected chi connectivity index (χ0v) is 12.7. The van der Waals surface area contributed by atoms with Gasteiger partial charge in [0.25, 0.3) is 0 Å². The molecule has 118 valence electrons. The molecule has 0 radical (unpaired) electrons. The molecule has 0 saturated heterocycles. The SMILES string of the molecule is COc1c(C=O)cc(C)c(O)c1C(=O)C=Cc1ccc(O)cc1. The highest BCUT2D eigenvalue weighted by atomic mass is 16.5. The van der Waals surface area contributed by atoms with Crippen molar-refractivity contribution < 1.29 is 24.5 Å². The van der Waals surface area contributed by atoms with Gasteiger partial charge in [-0.05, 0) is 42.3 Å². The summed E-state index contributed by atoms with van der Waals surface area (Å²) in [5, 5.41) is 19.4. The largest absolute Gasteiger partial charge is 0.508 e. The van der Waals surface area contributed by atoms with Crippen molar-refractivity contribution >= 4 is 18.1 Å². The second-order valence-corrected chi connectivity index (χ2v) is 4.95. The first-order valence-electron chi connectivity index (χ1n) is 6.85. The Morgan fingerprint density at radius 1 is 1.17 bits per heavy atom. The summed E-state index contributed by atoms with van der Waals surface area (Å²) in [5.41, 5.74) is 1.26. The Labute approximate surface area is 133 Å². The van der Waals surface area contributed by atoms with Gasteiger partial charge in [0.2, 0.25) is 0 Å². The maximum absolute atomic E-state index is 12.4. The predicted molar refractivity (Wildman–Crippen MR) is 86.3 cm³/mol. The molecule has 2 aromatic carbocycles. The van der Waals surface area contributed by atoms with Gasteiger partial charge in [-0.1, -0.05) is 18.2 Å². The zero-order valence-electron chi connectivity index (χ0n) is 12.7. The average Bonchev–Trinajstić information content (AvgIpc) is 2.55. The van der Waals surface area contributed by atoms with Crippen molar-refractivity contribution in [3.8, 4) is 17.2 Å². The fourth-order valence-corrected chi connectivity index (χ4v) is 2.19. The highest BCUT2D eigenvalue weighted by Crippen LogP contribution is 2.34. The summed E-state index contributed by atoms with van der Waals surface area (Å²) in [6, 6.07) is 7.74. The van der Waals surface area contributed by atoms with Gasteiger partial charge in [0.05, 0.1) is 12.7 Å². The number of aromatic hydroxyl groups is 2. The number of aldehydes is 1. The molecule has 0 spiro atoms. The third kappa shape index (κ3) is 3.40. The average molecular weight is 312 g/mol. The monoisotopic (exact) mass is 312 g/mol. The van der Waals surface area contributed by atoms with Crippen molar-refractivity contribution in [2.24, 2.45) is 0 Å². The van der Waals surface area contributed by atoms with Gasteiger partial charge in [-0.2, -0.15) is 0 Å². The molecular weight excluding hydrogens is 296 g/mol. The fourth-order valence-electron chi connectivity index (χ4n) is 2.19. The van der Waals surface area contributed by atoms with Crippen molar-refractivity contribution in [2.75, 3.05) is 7.11 Å². The van der Waals surface area contributed by atoms with Crippen LogP contribution in [-0.2, 0) is 0 Å².